The number of nitriles is 1. The van der Waals surface area contributed by atoms with Crippen molar-refractivity contribution >= 4 is 11.6 Å². The van der Waals surface area contributed by atoms with Crippen molar-refractivity contribution in [3.63, 3.8) is 0 Å². The van der Waals surface area contributed by atoms with E-state index in [0.29, 0.717) is 24.1 Å². The third-order valence-electron chi connectivity index (χ3n) is 6.39. The molecule has 2 aromatic rings. The average molecular weight is 395 g/mol. The highest BCUT2D eigenvalue weighted by atomic mass is 19.1. The normalized spacial score (nSPS) is 29.7. The Morgan fingerprint density at radius 2 is 1.97 bits per heavy atom. The van der Waals surface area contributed by atoms with Crippen molar-refractivity contribution in [3.05, 3.63) is 53.4 Å². The van der Waals surface area contributed by atoms with Crippen LogP contribution in [0.25, 0.3) is 0 Å². The summed E-state index contributed by atoms with van der Waals surface area (Å²) < 4.78 is 29.2. The summed E-state index contributed by atoms with van der Waals surface area (Å²) in [6.07, 6.45) is 5.97. The average Bonchev–Trinajstić information content (AvgIpc) is 3.21. The van der Waals surface area contributed by atoms with Gasteiger partial charge in [-0.1, -0.05) is 0 Å². The van der Waals surface area contributed by atoms with Gasteiger partial charge in [0.25, 0.3) is 0 Å². The molecule has 3 saturated carbocycles. The molecule has 0 saturated heterocycles. The summed E-state index contributed by atoms with van der Waals surface area (Å²) in [5, 5.41) is 19.0. The van der Waals surface area contributed by atoms with Crippen LogP contribution in [0.4, 0.5) is 8.78 Å². The van der Waals surface area contributed by atoms with Gasteiger partial charge in [0.2, 0.25) is 5.91 Å². The lowest BCUT2D eigenvalue weighted by Gasteiger charge is -2.69. The van der Waals surface area contributed by atoms with Crippen molar-refractivity contribution in [1.29, 1.82) is 5.26 Å². The van der Waals surface area contributed by atoms with Crippen LogP contribution in [0.5, 0.6) is 0 Å². The lowest BCUT2D eigenvalue weighted by Crippen LogP contribution is -2.68. The molecule has 6 nitrogen and oxygen atoms in total. The molecule has 0 N–H and O–H groups in total. The minimum absolute atomic E-state index is 0.0351. The number of carbonyl (C=O) groups excluding carboxylic acids is 1. The summed E-state index contributed by atoms with van der Waals surface area (Å²) in [5.74, 6) is -1.38. The van der Waals surface area contributed by atoms with E-state index >= 15 is 0 Å². The van der Waals surface area contributed by atoms with Gasteiger partial charge in [0, 0.05) is 30.9 Å². The summed E-state index contributed by atoms with van der Waals surface area (Å²) in [5.41, 5.74) is 1.32. The third kappa shape index (κ3) is 2.76. The van der Waals surface area contributed by atoms with E-state index in [9.17, 15) is 13.6 Å². The van der Waals surface area contributed by atoms with Crippen molar-refractivity contribution in [3.8, 4) is 6.07 Å². The van der Waals surface area contributed by atoms with Crippen LogP contribution >= 0.6 is 0 Å². The molecule has 0 radical (unpaired) electrons. The second-order valence-electron chi connectivity index (χ2n) is 8.76. The van der Waals surface area contributed by atoms with Gasteiger partial charge >= 0.3 is 0 Å². The molecule has 1 aromatic carbocycles. The van der Waals surface area contributed by atoms with E-state index in [0.717, 1.165) is 31.0 Å². The third-order valence-corrected chi connectivity index (χ3v) is 6.39. The molecule has 148 valence electrons. The lowest BCUT2D eigenvalue weighted by molar-refractivity contribution is -0.223. The first-order valence-corrected chi connectivity index (χ1v) is 9.58. The zero-order valence-electron chi connectivity index (χ0n) is 15.9. The van der Waals surface area contributed by atoms with Crippen molar-refractivity contribution < 1.29 is 13.6 Å². The maximum Gasteiger partial charge on any atom is 0.249 e. The van der Waals surface area contributed by atoms with Gasteiger partial charge in [0.05, 0.1) is 23.2 Å². The number of carbonyl (C=O) groups is 1. The Bertz CT molecular complexity index is 1060. The predicted molar refractivity (Wildman–Crippen MR) is 99.3 cm³/mol. The van der Waals surface area contributed by atoms with Crippen molar-refractivity contribution in [2.24, 2.45) is 15.9 Å². The molecule has 3 aliphatic carbocycles. The van der Waals surface area contributed by atoms with E-state index in [4.69, 9.17) is 5.26 Å². The summed E-state index contributed by atoms with van der Waals surface area (Å²) >= 11 is 0. The number of rotatable bonds is 4. The van der Waals surface area contributed by atoms with Crippen molar-refractivity contribution in [1.82, 2.24) is 14.8 Å². The predicted octanol–water partition coefficient (Wildman–Crippen LogP) is 3.55. The number of hydrogen-bond acceptors (Lipinski definition) is 4. The van der Waals surface area contributed by atoms with Gasteiger partial charge in [0.1, 0.15) is 17.7 Å². The largest absolute Gasteiger partial charge is 0.272 e. The monoisotopic (exact) mass is 395 g/mol. The van der Waals surface area contributed by atoms with E-state index < -0.39 is 23.1 Å². The zero-order chi connectivity index (χ0) is 20.4. The molecule has 1 aliphatic heterocycles. The lowest BCUT2D eigenvalue weighted by atomic mass is 9.34. The molecule has 29 heavy (non-hydrogen) atoms. The van der Waals surface area contributed by atoms with E-state index in [-0.39, 0.29) is 11.3 Å². The first-order chi connectivity index (χ1) is 13.8. The van der Waals surface area contributed by atoms with Gasteiger partial charge in [-0.05, 0) is 49.3 Å². The number of aromatic nitrogens is 2. The van der Waals surface area contributed by atoms with Gasteiger partial charge in [0.15, 0.2) is 0 Å². The Labute approximate surface area is 166 Å². The van der Waals surface area contributed by atoms with Crippen LogP contribution in [0.2, 0.25) is 0 Å². The van der Waals surface area contributed by atoms with Crippen LogP contribution in [0, 0.1) is 33.8 Å². The second-order valence-corrected chi connectivity index (χ2v) is 8.76. The molecule has 2 heterocycles. The fraction of sp³-hybridized carbons (Fsp3) is 0.429. The van der Waals surface area contributed by atoms with Gasteiger partial charge in [-0.25, -0.2) is 13.8 Å². The summed E-state index contributed by atoms with van der Waals surface area (Å²) in [6.45, 7) is 2.51. The summed E-state index contributed by atoms with van der Waals surface area (Å²) in [4.78, 5) is 13.3. The molecular formula is C21H19F2N5O. The van der Waals surface area contributed by atoms with Crippen LogP contribution < -0.4 is 0 Å². The first kappa shape index (κ1) is 18.0. The van der Waals surface area contributed by atoms with Crippen LogP contribution in [0.1, 0.15) is 49.8 Å². The van der Waals surface area contributed by atoms with E-state index in [1.54, 1.807) is 10.9 Å². The molecule has 2 bridgehead atoms. The number of hydrogen-bond donors (Lipinski definition) is 0. The molecule has 1 unspecified atom stereocenters. The SMILES string of the molecule is CC1=NN(C(=O)C23CC(Cn4cc(C#N)cn4)(C2)C3)C(c2cc(F)cc(F)c2)C1. The molecule has 1 amide bonds. The fourth-order valence-corrected chi connectivity index (χ4v) is 5.36. The molecule has 1 aromatic heterocycles. The fourth-order valence-electron chi connectivity index (χ4n) is 5.36. The van der Waals surface area contributed by atoms with Crippen LogP contribution in [-0.2, 0) is 11.3 Å². The Morgan fingerprint density at radius 3 is 2.59 bits per heavy atom. The van der Waals surface area contributed by atoms with Crippen molar-refractivity contribution in [2.45, 2.75) is 45.2 Å². The maximum absolute atomic E-state index is 13.7. The standard InChI is InChI=1S/C21H19F2N5O/c1-13-2-18(15-3-16(22)5-17(23)4-15)28(26-13)19(29)21-9-20(10-21,11-21)12-27-8-14(6-24)7-25-27/h3-5,7-8,18H,2,9-12H2,1H3. The number of hydrazone groups is 1. The molecule has 8 heteroatoms. The number of benzene rings is 1. The molecule has 4 aliphatic rings. The number of amides is 1. The van der Waals surface area contributed by atoms with Gasteiger partial charge in [-0.2, -0.15) is 15.5 Å². The Kier molecular flexibility index (Phi) is 3.69. The summed E-state index contributed by atoms with van der Waals surface area (Å²) in [6, 6.07) is 4.97. The van der Waals surface area contributed by atoms with E-state index in [1.807, 2.05) is 6.92 Å². The van der Waals surface area contributed by atoms with Crippen molar-refractivity contribution in [2.75, 3.05) is 0 Å². The van der Waals surface area contributed by atoms with Gasteiger partial charge < -0.3 is 0 Å². The minimum Gasteiger partial charge on any atom is -0.272 e. The Hall–Kier alpha value is -3.08. The van der Waals surface area contributed by atoms with Crippen LogP contribution in [0.15, 0.2) is 35.7 Å². The Morgan fingerprint density at radius 1 is 1.28 bits per heavy atom. The number of nitrogens with zero attached hydrogens (tertiary/aromatic N) is 5. The first-order valence-electron chi connectivity index (χ1n) is 9.58. The highest BCUT2D eigenvalue weighted by molar-refractivity contribution is 5.92. The van der Waals surface area contributed by atoms with Crippen LogP contribution in [-0.4, -0.2) is 26.4 Å². The zero-order valence-corrected chi connectivity index (χ0v) is 15.9. The topological polar surface area (TPSA) is 74.3 Å². The van der Waals surface area contributed by atoms with Crippen LogP contribution in [0.3, 0.4) is 0 Å². The summed E-state index contributed by atoms with van der Waals surface area (Å²) in [7, 11) is 0. The van der Waals surface area contributed by atoms with E-state index in [2.05, 4.69) is 16.3 Å². The van der Waals surface area contributed by atoms with Gasteiger partial charge in [-0.3, -0.25) is 9.48 Å². The van der Waals surface area contributed by atoms with E-state index in [1.165, 1.54) is 23.3 Å². The quantitative estimate of drug-likeness (QED) is 0.795. The Balaban J connectivity index is 1.31. The molecule has 0 spiro atoms. The number of halogens is 2. The highest BCUT2D eigenvalue weighted by Crippen LogP contribution is 2.74. The molecular weight excluding hydrogens is 376 g/mol. The molecule has 1 atom stereocenters. The smallest absolute Gasteiger partial charge is 0.249 e. The minimum atomic E-state index is -0.655. The molecule has 3 fully saturated rings. The molecule has 6 rings (SSSR count). The van der Waals surface area contributed by atoms with Gasteiger partial charge in [-0.15, -0.1) is 0 Å². The highest BCUT2D eigenvalue weighted by Gasteiger charge is 2.72. The second kappa shape index (κ2) is 5.96. The maximum atomic E-state index is 13.7.